The van der Waals surface area contributed by atoms with Gasteiger partial charge in [-0.1, -0.05) is 30.3 Å². The van der Waals surface area contributed by atoms with Crippen LogP contribution in [0.3, 0.4) is 0 Å². The largest absolute Gasteiger partial charge is 0.330 e. The fourth-order valence-corrected chi connectivity index (χ4v) is 2.97. The van der Waals surface area contributed by atoms with Crippen molar-refractivity contribution in [3.8, 4) is 0 Å². The molecule has 1 aliphatic heterocycles. The van der Waals surface area contributed by atoms with Crippen LogP contribution in [-0.2, 0) is 6.54 Å². The Kier molecular flexibility index (Phi) is 3.85. The molecule has 1 aromatic rings. The topological polar surface area (TPSA) is 29.3 Å². The fraction of sp³-hybridized carbons (Fsp3) is 0.600. The lowest BCUT2D eigenvalue weighted by Crippen LogP contribution is -2.37. The molecule has 0 saturated carbocycles. The van der Waals surface area contributed by atoms with Crippen LogP contribution in [0.4, 0.5) is 0 Å². The molecule has 94 valence electrons. The highest BCUT2D eigenvalue weighted by Crippen LogP contribution is 2.35. The molecule has 2 nitrogen and oxygen atoms in total. The molecule has 0 unspecified atom stereocenters. The second kappa shape index (κ2) is 5.19. The summed E-state index contributed by atoms with van der Waals surface area (Å²) in [7, 11) is 0. The summed E-state index contributed by atoms with van der Waals surface area (Å²) in [6, 6.07) is 10.8. The van der Waals surface area contributed by atoms with Gasteiger partial charge in [0, 0.05) is 18.6 Å². The van der Waals surface area contributed by atoms with Crippen LogP contribution in [0.2, 0.25) is 0 Å². The lowest BCUT2D eigenvalue weighted by atomic mass is 9.94. The summed E-state index contributed by atoms with van der Waals surface area (Å²) in [4.78, 5) is 2.60. The standard InChI is InChI=1S/C15H24N2/c1-15(2)10-14(8-9-16)12-17(15)11-13-6-4-3-5-7-13/h3-7,14H,8-12,16H2,1-2H3/t14-/m0/s1. The SMILES string of the molecule is CC1(C)C[C@H](CCN)CN1Cc1ccccc1. The summed E-state index contributed by atoms with van der Waals surface area (Å²) in [5, 5.41) is 0. The number of hydrogen-bond donors (Lipinski definition) is 1. The minimum absolute atomic E-state index is 0.315. The first-order valence-electron chi connectivity index (χ1n) is 6.61. The van der Waals surface area contributed by atoms with Crippen molar-refractivity contribution in [2.75, 3.05) is 13.1 Å². The van der Waals surface area contributed by atoms with Crippen molar-refractivity contribution in [3.63, 3.8) is 0 Å². The molecule has 0 bridgehead atoms. The van der Waals surface area contributed by atoms with E-state index >= 15 is 0 Å². The summed E-state index contributed by atoms with van der Waals surface area (Å²) in [5.74, 6) is 0.777. The lowest BCUT2D eigenvalue weighted by Gasteiger charge is -2.31. The first-order valence-corrected chi connectivity index (χ1v) is 6.61. The number of benzene rings is 1. The minimum atomic E-state index is 0.315. The van der Waals surface area contributed by atoms with E-state index in [1.54, 1.807) is 0 Å². The van der Waals surface area contributed by atoms with Gasteiger partial charge in [-0.25, -0.2) is 0 Å². The highest BCUT2D eigenvalue weighted by molar-refractivity contribution is 5.15. The fourth-order valence-electron chi connectivity index (χ4n) is 2.97. The van der Waals surface area contributed by atoms with E-state index in [1.807, 2.05) is 0 Å². The molecular weight excluding hydrogens is 208 g/mol. The van der Waals surface area contributed by atoms with Gasteiger partial charge in [0.05, 0.1) is 0 Å². The third-order valence-electron chi connectivity index (χ3n) is 3.91. The molecule has 1 fully saturated rings. The predicted molar refractivity (Wildman–Crippen MR) is 72.7 cm³/mol. The van der Waals surface area contributed by atoms with Crippen LogP contribution in [0.15, 0.2) is 30.3 Å². The van der Waals surface area contributed by atoms with Crippen molar-refractivity contribution in [1.29, 1.82) is 0 Å². The molecule has 2 heteroatoms. The van der Waals surface area contributed by atoms with Crippen LogP contribution in [0.5, 0.6) is 0 Å². The monoisotopic (exact) mass is 232 g/mol. The van der Waals surface area contributed by atoms with Gasteiger partial charge in [-0.3, -0.25) is 4.90 Å². The van der Waals surface area contributed by atoms with Gasteiger partial charge in [0.1, 0.15) is 0 Å². The molecular formula is C15H24N2. The smallest absolute Gasteiger partial charge is 0.0239 e. The Labute approximate surface area is 105 Å². The van der Waals surface area contributed by atoms with Crippen LogP contribution in [0, 0.1) is 5.92 Å². The quantitative estimate of drug-likeness (QED) is 0.864. The van der Waals surface area contributed by atoms with E-state index in [9.17, 15) is 0 Å². The van der Waals surface area contributed by atoms with Gasteiger partial charge in [-0.05, 0) is 44.7 Å². The molecule has 0 amide bonds. The summed E-state index contributed by atoms with van der Waals surface area (Å²) >= 11 is 0. The van der Waals surface area contributed by atoms with Crippen molar-refractivity contribution >= 4 is 0 Å². The Morgan fingerprint density at radius 3 is 2.65 bits per heavy atom. The molecule has 17 heavy (non-hydrogen) atoms. The summed E-state index contributed by atoms with van der Waals surface area (Å²) in [6.45, 7) is 7.78. The molecule has 1 saturated heterocycles. The molecule has 1 aliphatic rings. The molecule has 0 spiro atoms. The summed E-state index contributed by atoms with van der Waals surface area (Å²) in [6.07, 6.45) is 2.44. The normalized spacial score (nSPS) is 24.1. The third-order valence-corrected chi connectivity index (χ3v) is 3.91. The molecule has 0 radical (unpaired) electrons. The minimum Gasteiger partial charge on any atom is -0.330 e. The average Bonchev–Trinajstić information content (AvgIpc) is 2.55. The van der Waals surface area contributed by atoms with Crippen LogP contribution in [-0.4, -0.2) is 23.5 Å². The highest BCUT2D eigenvalue weighted by Gasteiger charge is 2.37. The predicted octanol–water partition coefficient (Wildman–Crippen LogP) is 2.64. The van der Waals surface area contributed by atoms with Crippen LogP contribution in [0.1, 0.15) is 32.3 Å². The number of hydrogen-bond acceptors (Lipinski definition) is 2. The van der Waals surface area contributed by atoms with E-state index in [0.29, 0.717) is 5.54 Å². The van der Waals surface area contributed by atoms with Crippen LogP contribution < -0.4 is 5.73 Å². The average molecular weight is 232 g/mol. The maximum absolute atomic E-state index is 5.68. The highest BCUT2D eigenvalue weighted by atomic mass is 15.2. The molecule has 2 N–H and O–H groups in total. The third kappa shape index (κ3) is 3.08. The van der Waals surface area contributed by atoms with Gasteiger partial charge in [-0.2, -0.15) is 0 Å². The second-order valence-corrected chi connectivity index (χ2v) is 5.83. The first kappa shape index (κ1) is 12.6. The lowest BCUT2D eigenvalue weighted by molar-refractivity contribution is 0.166. The zero-order valence-corrected chi connectivity index (χ0v) is 11.0. The number of nitrogens with two attached hydrogens (primary N) is 1. The number of likely N-dealkylation sites (tertiary alicyclic amines) is 1. The first-order chi connectivity index (χ1) is 8.12. The van der Waals surface area contributed by atoms with E-state index < -0.39 is 0 Å². The Hall–Kier alpha value is -0.860. The van der Waals surface area contributed by atoms with Crippen LogP contribution in [0.25, 0.3) is 0 Å². The van der Waals surface area contributed by atoms with E-state index in [-0.39, 0.29) is 0 Å². The van der Waals surface area contributed by atoms with Gasteiger partial charge in [0.2, 0.25) is 0 Å². The van der Waals surface area contributed by atoms with Crippen molar-refractivity contribution in [1.82, 2.24) is 4.90 Å². The molecule has 0 aliphatic carbocycles. The van der Waals surface area contributed by atoms with Gasteiger partial charge < -0.3 is 5.73 Å². The molecule has 1 heterocycles. The Morgan fingerprint density at radius 2 is 2.00 bits per heavy atom. The van der Waals surface area contributed by atoms with Gasteiger partial charge >= 0.3 is 0 Å². The zero-order valence-electron chi connectivity index (χ0n) is 11.0. The van der Waals surface area contributed by atoms with E-state index in [4.69, 9.17) is 5.73 Å². The maximum Gasteiger partial charge on any atom is 0.0239 e. The van der Waals surface area contributed by atoms with Crippen molar-refractivity contribution < 1.29 is 0 Å². The Balaban J connectivity index is 2.01. The maximum atomic E-state index is 5.68. The molecule has 0 aromatic heterocycles. The van der Waals surface area contributed by atoms with Gasteiger partial charge in [0.25, 0.3) is 0 Å². The van der Waals surface area contributed by atoms with Crippen LogP contribution >= 0.6 is 0 Å². The summed E-state index contributed by atoms with van der Waals surface area (Å²) < 4.78 is 0. The van der Waals surface area contributed by atoms with Crippen molar-refractivity contribution in [2.24, 2.45) is 11.7 Å². The summed E-state index contributed by atoms with van der Waals surface area (Å²) in [5.41, 5.74) is 7.40. The Bertz CT molecular complexity index is 345. The van der Waals surface area contributed by atoms with Crippen molar-refractivity contribution in [3.05, 3.63) is 35.9 Å². The van der Waals surface area contributed by atoms with E-state index in [0.717, 1.165) is 25.4 Å². The zero-order chi connectivity index (χ0) is 12.3. The van der Waals surface area contributed by atoms with E-state index in [2.05, 4.69) is 49.1 Å². The molecule has 2 rings (SSSR count). The van der Waals surface area contributed by atoms with Gasteiger partial charge in [-0.15, -0.1) is 0 Å². The second-order valence-electron chi connectivity index (χ2n) is 5.83. The van der Waals surface area contributed by atoms with Gasteiger partial charge in [0.15, 0.2) is 0 Å². The van der Waals surface area contributed by atoms with Crippen molar-refractivity contribution in [2.45, 2.75) is 38.8 Å². The molecule has 1 atom stereocenters. The van der Waals surface area contributed by atoms with E-state index in [1.165, 1.54) is 18.5 Å². The number of rotatable bonds is 4. The molecule has 1 aromatic carbocycles. The Morgan fingerprint density at radius 1 is 1.29 bits per heavy atom. The number of nitrogens with zero attached hydrogens (tertiary/aromatic N) is 1.